The largest absolute Gasteiger partial charge is 0.462 e. The van der Waals surface area contributed by atoms with Gasteiger partial charge in [0.2, 0.25) is 0 Å². The van der Waals surface area contributed by atoms with Crippen LogP contribution in [0.1, 0.15) is 55.2 Å². The van der Waals surface area contributed by atoms with Crippen molar-refractivity contribution in [2.45, 2.75) is 44.6 Å². The van der Waals surface area contributed by atoms with Crippen LogP contribution in [0.15, 0.2) is 24.3 Å². The zero-order chi connectivity index (χ0) is 19.4. The van der Waals surface area contributed by atoms with Crippen molar-refractivity contribution >= 4 is 5.97 Å². The molecule has 0 radical (unpaired) electrons. The third-order valence-corrected chi connectivity index (χ3v) is 5.78. The molecule has 8 heteroatoms. The van der Waals surface area contributed by atoms with Crippen molar-refractivity contribution in [2.75, 3.05) is 32.9 Å². The molecule has 4 rings (SSSR count). The number of carbonyl (C=O) groups excluding carboxylic acids is 1. The molecule has 2 aromatic rings. The molecule has 0 unspecified atom stereocenters. The molecule has 150 valence electrons. The lowest BCUT2D eigenvalue weighted by Crippen LogP contribution is -2.53. The molecular formula is C20H27N5O3. The van der Waals surface area contributed by atoms with E-state index in [-0.39, 0.29) is 11.5 Å². The number of rotatable bonds is 5. The highest BCUT2D eigenvalue weighted by Crippen LogP contribution is 2.42. The molecule has 2 fully saturated rings. The second-order valence-corrected chi connectivity index (χ2v) is 7.38. The van der Waals surface area contributed by atoms with Crippen LogP contribution < -0.4 is 0 Å². The van der Waals surface area contributed by atoms with Crippen LogP contribution >= 0.6 is 0 Å². The number of hydrogen-bond donors (Lipinski definition) is 0. The van der Waals surface area contributed by atoms with E-state index in [1.165, 1.54) is 6.42 Å². The number of benzene rings is 1. The van der Waals surface area contributed by atoms with E-state index in [0.717, 1.165) is 63.5 Å². The van der Waals surface area contributed by atoms with Crippen molar-refractivity contribution in [3.63, 3.8) is 0 Å². The lowest BCUT2D eigenvalue weighted by molar-refractivity contribution is -0.0451. The van der Waals surface area contributed by atoms with Crippen molar-refractivity contribution in [2.24, 2.45) is 0 Å². The minimum absolute atomic E-state index is 0.189. The van der Waals surface area contributed by atoms with Gasteiger partial charge in [-0.25, -0.2) is 4.79 Å². The van der Waals surface area contributed by atoms with E-state index < -0.39 is 0 Å². The van der Waals surface area contributed by atoms with Crippen molar-refractivity contribution in [3.8, 4) is 5.69 Å². The van der Waals surface area contributed by atoms with Gasteiger partial charge in [-0.05, 0) is 48.4 Å². The van der Waals surface area contributed by atoms with Gasteiger partial charge in [-0.3, -0.25) is 4.90 Å². The number of aromatic nitrogens is 4. The van der Waals surface area contributed by atoms with E-state index in [9.17, 15) is 4.79 Å². The summed E-state index contributed by atoms with van der Waals surface area (Å²) in [5, 5.41) is 12.8. The van der Waals surface area contributed by atoms with Crippen molar-refractivity contribution in [1.82, 2.24) is 25.1 Å². The Bertz CT molecular complexity index is 810. The maximum atomic E-state index is 12.2. The van der Waals surface area contributed by atoms with Crippen molar-refractivity contribution < 1.29 is 14.3 Å². The number of ether oxygens (including phenoxy) is 2. The smallest absolute Gasteiger partial charge is 0.338 e. The number of hydrogen-bond acceptors (Lipinski definition) is 7. The summed E-state index contributed by atoms with van der Waals surface area (Å²) >= 11 is 0. The SMILES string of the molecule is CCOC(=O)c1cccc(-n2nnnc2C2(N3CCOCC3)CCCCC2)c1. The van der Waals surface area contributed by atoms with Gasteiger partial charge in [0.05, 0.1) is 36.6 Å². The first-order chi connectivity index (χ1) is 13.7. The summed E-state index contributed by atoms with van der Waals surface area (Å²) in [5.41, 5.74) is 1.10. The van der Waals surface area contributed by atoms with Crippen LogP contribution in [0.4, 0.5) is 0 Å². The average molecular weight is 385 g/mol. The molecule has 1 saturated carbocycles. The molecule has 0 N–H and O–H groups in total. The summed E-state index contributed by atoms with van der Waals surface area (Å²) in [6.07, 6.45) is 5.63. The normalized spacial score (nSPS) is 20.0. The Kier molecular flexibility index (Phi) is 5.68. The van der Waals surface area contributed by atoms with Crippen LogP contribution in [-0.2, 0) is 15.0 Å². The van der Waals surface area contributed by atoms with Crippen molar-refractivity contribution in [1.29, 1.82) is 0 Å². The van der Waals surface area contributed by atoms with Crippen LogP contribution in [0.2, 0.25) is 0 Å². The first kappa shape index (κ1) is 19.0. The number of nitrogens with zero attached hydrogens (tertiary/aromatic N) is 5. The molecule has 0 spiro atoms. The van der Waals surface area contributed by atoms with Crippen LogP contribution in [0.5, 0.6) is 0 Å². The van der Waals surface area contributed by atoms with Gasteiger partial charge in [-0.15, -0.1) is 5.10 Å². The number of esters is 1. The van der Waals surface area contributed by atoms with Crippen LogP contribution in [0.25, 0.3) is 5.69 Å². The zero-order valence-corrected chi connectivity index (χ0v) is 16.3. The van der Waals surface area contributed by atoms with Gasteiger partial charge in [0.25, 0.3) is 0 Å². The lowest BCUT2D eigenvalue weighted by atomic mass is 9.79. The molecule has 8 nitrogen and oxygen atoms in total. The van der Waals surface area contributed by atoms with Crippen LogP contribution in [-0.4, -0.2) is 64.0 Å². The molecule has 1 aliphatic carbocycles. The van der Waals surface area contributed by atoms with E-state index in [4.69, 9.17) is 9.47 Å². The van der Waals surface area contributed by atoms with Crippen LogP contribution in [0, 0.1) is 0 Å². The molecular weight excluding hydrogens is 358 g/mol. The third kappa shape index (κ3) is 3.54. The van der Waals surface area contributed by atoms with Crippen LogP contribution in [0.3, 0.4) is 0 Å². The molecule has 1 aliphatic heterocycles. The summed E-state index contributed by atoms with van der Waals surface area (Å²) in [6.45, 7) is 5.39. The third-order valence-electron chi connectivity index (χ3n) is 5.78. The Morgan fingerprint density at radius 2 is 2.00 bits per heavy atom. The Hall–Kier alpha value is -2.32. The van der Waals surface area contributed by atoms with Gasteiger partial charge in [-0.1, -0.05) is 25.3 Å². The second kappa shape index (κ2) is 8.36. The number of tetrazole rings is 1. The lowest BCUT2D eigenvalue weighted by Gasteiger charge is -2.46. The Morgan fingerprint density at radius 1 is 1.21 bits per heavy atom. The predicted octanol–water partition coefficient (Wildman–Crippen LogP) is 2.33. The first-order valence-electron chi connectivity index (χ1n) is 10.1. The fourth-order valence-corrected chi connectivity index (χ4v) is 4.44. The minimum Gasteiger partial charge on any atom is -0.462 e. The Balaban J connectivity index is 1.73. The monoisotopic (exact) mass is 385 g/mol. The fourth-order valence-electron chi connectivity index (χ4n) is 4.44. The molecule has 2 aliphatic rings. The molecule has 0 bridgehead atoms. The quantitative estimate of drug-likeness (QED) is 0.731. The maximum absolute atomic E-state index is 12.2. The van der Waals surface area contributed by atoms with Gasteiger partial charge in [-0.2, -0.15) is 4.68 Å². The molecule has 1 saturated heterocycles. The standard InChI is InChI=1S/C20H27N5O3/c1-2-28-18(26)16-7-6-8-17(15-16)25-19(21-22-23-25)20(9-4-3-5-10-20)24-11-13-27-14-12-24/h6-8,15H,2-5,9-14H2,1H3. The summed E-state index contributed by atoms with van der Waals surface area (Å²) in [7, 11) is 0. The van der Waals surface area contributed by atoms with Gasteiger partial charge in [0.15, 0.2) is 5.82 Å². The Labute approximate surface area is 164 Å². The molecule has 28 heavy (non-hydrogen) atoms. The van der Waals surface area contributed by atoms with Gasteiger partial charge in [0.1, 0.15) is 0 Å². The van der Waals surface area contributed by atoms with E-state index >= 15 is 0 Å². The van der Waals surface area contributed by atoms with E-state index in [0.29, 0.717) is 12.2 Å². The van der Waals surface area contributed by atoms with Gasteiger partial charge >= 0.3 is 5.97 Å². The Morgan fingerprint density at radius 3 is 2.75 bits per heavy atom. The van der Waals surface area contributed by atoms with Crippen molar-refractivity contribution in [3.05, 3.63) is 35.7 Å². The fraction of sp³-hybridized carbons (Fsp3) is 0.600. The highest BCUT2D eigenvalue weighted by atomic mass is 16.5. The predicted molar refractivity (Wildman–Crippen MR) is 102 cm³/mol. The summed E-state index contributed by atoms with van der Waals surface area (Å²) in [4.78, 5) is 14.7. The topological polar surface area (TPSA) is 82.4 Å². The average Bonchev–Trinajstić information content (AvgIpc) is 3.26. The first-order valence-corrected chi connectivity index (χ1v) is 10.1. The molecule has 1 aromatic carbocycles. The molecule has 2 heterocycles. The van der Waals surface area contributed by atoms with Gasteiger partial charge in [0, 0.05) is 13.1 Å². The minimum atomic E-state index is -0.334. The van der Waals surface area contributed by atoms with Gasteiger partial charge < -0.3 is 9.47 Å². The summed E-state index contributed by atoms with van der Waals surface area (Å²) in [5.74, 6) is 0.523. The second-order valence-electron chi connectivity index (χ2n) is 7.38. The summed E-state index contributed by atoms with van der Waals surface area (Å²) < 4.78 is 12.5. The number of morpholine rings is 1. The molecule has 1 aromatic heterocycles. The zero-order valence-electron chi connectivity index (χ0n) is 16.3. The number of carbonyl (C=O) groups is 1. The maximum Gasteiger partial charge on any atom is 0.338 e. The van der Waals surface area contributed by atoms with E-state index in [2.05, 4.69) is 20.4 Å². The molecule has 0 atom stereocenters. The highest BCUT2D eigenvalue weighted by Gasteiger charge is 2.44. The van der Waals surface area contributed by atoms with E-state index in [1.807, 2.05) is 12.1 Å². The van der Waals surface area contributed by atoms with E-state index in [1.54, 1.807) is 23.7 Å². The molecule has 0 amide bonds. The summed E-state index contributed by atoms with van der Waals surface area (Å²) in [6, 6.07) is 7.32. The highest BCUT2D eigenvalue weighted by molar-refractivity contribution is 5.90.